The van der Waals surface area contributed by atoms with Crippen LogP contribution >= 0.6 is 11.6 Å². The summed E-state index contributed by atoms with van der Waals surface area (Å²) in [5.74, 6) is 0.212. The molecule has 0 radical (unpaired) electrons. The van der Waals surface area contributed by atoms with Crippen molar-refractivity contribution in [2.24, 2.45) is 5.92 Å². The maximum Gasteiger partial charge on any atom is 0.329 e. The molecule has 0 amide bonds. The van der Waals surface area contributed by atoms with Gasteiger partial charge in [0, 0.05) is 18.6 Å². The van der Waals surface area contributed by atoms with Crippen molar-refractivity contribution in [1.29, 1.82) is 0 Å². The first-order valence-electron chi connectivity index (χ1n) is 5.66. The third kappa shape index (κ3) is 2.68. The average Bonchev–Trinajstić information content (AvgIpc) is 2.76. The highest BCUT2D eigenvalue weighted by atomic mass is 35.5. The molecule has 0 aromatic carbocycles. The van der Waals surface area contributed by atoms with Gasteiger partial charge in [0.05, 0.1) is 4.92 Å². The minimum atomic E-state index is -0.554. The van der Waals surface area contributed by atoms with E-state index in [-0.39, 0.29) is 35.4 Å². The number of nitrogens with zero attached hydrogens (tertiary/aromatic N) is 3. The summed E-state index contributed by atoms with van der Waals surface area (Å²) in [6.45, 7) is 0.0598. The number of nitro groups is 1. The van der Waals surface area contributed by atoms with Crippen molar-refractivity contribution in [3.8, 4) is 0 Å². The third-order valence-corrected chi connectivity index (χ3v) is 3.33. The Bertz CT molecular complexity index is 457. The highest BCUT2D eigenvalue weighted by Crippen LogP contribution is 2.30. The summed E-state index contributed by atoms with van der Waals surface area (Å²) in [7, 11) is 0. The van der Waals surface area contributed by atoms with Crippen LogP contribution < -0.4 is 5.32 Å². The van der Waals surface area contributed by atoms with Gasteiger partial charge in [-0.15, -0.1) is 0 Å². The van der Waals surface area contributed by atoms with Crippen molar-refractivity contribution in [2.45, 2.75) is 25.3 Å². The first-order valence-corrected chi connectivity index (χ1v) is 6.04. The molecule has 7 nitrogen and oxygen atoms in total. The van der Waals surface area contributed by atoms with E-state index in [1.807, 2.05) is 0 Å². The van der Waals surface area contributed by atoms with Crippen LogP contribution in [-0.4, -0.2) is 32.6 Å². The van der Waals surface area contributed by atoms with Crippen LogP contribution in [-0.2, 0) is 0 Å². The monoisotopic (exact) mass is 272 g/mol. The molecule has 2 atom stereocenters. The number of hydrogen-bond acceptors (Lipinski definition) is 6. The fraction of sp³-hybridized carbons (Fsp3) is 0.600. The van der Waals surface area contributed by atoms with E-state index in [0.717, 1.165) is 25.5 Å². The lowest BCUT2D eigenvalue weighted by Gasteiger charge is -2.19. The number of halogens is 1. The molecule has 1 aromatic heterocycles. The molecule has 1 saturated carbocycles. The van der Waals surface area contributed by atoms with Gasteiger partial charge >= 0.3 is 5.69 Å². The van der Waals surface area contributed by atoms with Crippen molar-refractivity contribution in [2.75, 3.05) is 11.9 Å². The predicted octanol–water partition coefficient (Wildman–Crippen LogP) is 1.61. The van der Waals surface area contributed by atoms with Crippen LogP contribution in [0.2, 0.25) is 5.28 Å². The molecule has 98 valence electrons. The molecule has 18 heavy (non-hydrogen) atoms. The van der Waals surface area contributed by atoms with E-state index in [4.69, 9.17) is 11.6 Å². The van der Waals surface area contributed by atoms with E-state index in [2.05, 4.69) is 15.3 Å². The summed E-state index contributed by atoms with van der Waals surface area (Å²) in [5, 5.41) is 23.0. The topological polar surface area (TPSA) is 101 Å². The maximum atomic E-state index is 10.9. The van der Waals surface area contributed by atoms with E-state index >= 15 is 0 Å². The smallest absolute Gasteiger partial charge is 0.329 e. The van der Waals surface area contributed by atoms with Crippen LogP contribution in [0.15, 0.2) is 6.20 Å². The second-order valence-corrected chi connectivity index (χ2v) is 4.59. The quantitative estimate of drug-likeness (QED) is 0.490. The lowest BCUT2D eigenvalue weighted by Crippen LogP contribution is -2.27. The summed E-state index contributed by atoms with van der Waals surface area (Å²) in [4.78, 5) is 17.7. The number of aromatic nitrogens is 2. The Morgan fingerprint density at radius 2 is 2.39 bits per heavy atom. The van der Waals surface area contributed by atoms with Gasteiger partial charge in [0.2, 0.25) is 11.1 Å². The normalized spacial score (nSPS) is 23.0. The average molecular weight is 273 g/mol. The van der Waals surface area contributed by atoms with Gasteiger partial charge in [-0.1, -0.05) is 6.42 Å². The van der Waals surface area contributed by atoms with Crippen LogP contribution in [0.25, 0.3) is 0 Å². The van der Waals surface area contributed by atoms with Crippen LogP contribution in [0.3, 0.4) is 0 Å². The molecular weight excluding hydrogens is 260 g/mol. The summed E-state index contributed by atoms with van der Waals surface area (Å²) in [6.07, 6.45) is 3.82. The second kappa shape index (κ2) is 5.45. The van der Waals surface area contributed by atoms with Crippen molar-refractivity contribution >= 4 is 23.1 Å². The van der Waals surface area contributed by atoms with Crippen molar-refractivity contribution in [3.63, 3.8) is 0 Å². The van der Waals surface area contributed by atoms with Gasteiger partial charge in [0.1, 0.15) is 6.20 Å². The second-order valence-electron chi connectivity index (χ2n) is 4.25. The largest absolute Gasteiger partial charge is 0.396 e. The van der Waals surface area contributed by atoms with E-state index in [1.54, 1.807) is 0 Å². The Morgan fingerprint density at radius 3 is 3.06 bits per heavy atom. The number of hydrogen-bond donors (Lipinski definition) is 2. The van der Waals surface area contributed by atoms with Crippen molar-refractivity contribution in [3.05, 3.63) is 21.6 Å². The Kier molecular flexibility index (Phi) is 3.93. The Morgan fingerprint density at radius 1 is 1.61 bits per heavy atom. The molecule has 0 aliphatic heterocycles. The lowest BCUT2D eigenvalue weighted by atomic mass is 10.1. The van der Waals surface area contributed by atoms with E-state index in [0.29, 0.717) is 0 Å². The van der Waals surface area contributed by atoms with E-state index in [1.165, 1.54) is 0 Å². The molecule has 1 heterocycles. The molecule has 0 bridgehead atoms. The first kappa shape index (κ1) is 13.0. The molecule has 1 aliphatic rings. The van der Waals surface area contributed by atoms with Crippen LogP contribution in [0, 0.1) is 16.0 Å². The van der Waals surface area contributed by atoms with Crippen molar-refractivity contribution in [1.82, 2.24) is 9.97 Å². The molecule has 8 heteroatoms. The van der Waals surface area contributed by atoms with Crippen LogP contribution in [0.4, 0.5) is 11.5 Å². The first-order chi connectivity index (χ1) is 8.61. The van der Waals surface area contributed by atoms with Gasteiger partial charge in [-0.05, 0) is 24.4 Å². The van der Waals surface area contributed by atoms with Gasteiger partial charge < -0.3 is 10.4 Å². The Balaban J connectivity index is 2.22. The number of nitrogens with one attached hydrogen (secondary N) is 1. The van der Waals surface area contributed by atoms with Crippen LogP contribution in [0.1, 0.15) is 19.3 Å². The van der Waals surface area contributed by atoms with Gasteiger partial charge in [0.25, 0.3) is 0 Å². The molecule has 0 saturated heterocycles. The number of rotatable bonds is 4. The van der Waals surface area contributed by atoms with Crippen LogP contribution in [0.5, 0.6) is 0 Å². The summed E-state index contributed by atoms with van der Waals surface area (Å²) in [6, 6.07) is -0.0142. The molecule has 2 N–H and O–H groups in total. The fourth-order valence-electron chi connectivity index (χ4n) is 2.21. The maximum absolute atomic E-state index is 10.9. The van der Waals surface area contributed by atoms with E-state index in [9.17, 15) is 15.2 Å². The van der Waals surface area contributed by atoms with Crippen molar-refractivity contribution < 1.29 is 10.0 Å². The molecule has 1 aliphatic carbocycles. The van der Waals surface area contributed by atoms with Gasteiger partial charge in [-0.3, -0.25) is 10.1 Å². The Labute approximate surface area is 108 Å². The number of anilines is 1. The minimum Gasteiger partial charge on any atom is -0.396 e. The zero-order valence-corrected chi connectivity index (χ0v) is 10.3. The highest BCUT2D eigenvalue weighted by molar-refractivity contribution is 6.28. The SMILES string of the molecule is O=[N+]([O-])c1cnc(Cl)nc1NC1CCCC1CO. The molecule has 0 spiro atoms. The standard InChI is InChI=1S/C10H13ClN4O3/c11-10-12-4-8(15(17)18)9(14-10)13-7-3-1-2-6(7)5-16/h4,6-7,16H,1-3,5H2,(H,12,13,14). The summed E-state index contributed by atoms with van der Waals surface area (Å²) < 4.78 is 0. The third-order valence-electron chi connectivity index (χ3n) is 3.15. The molecule has 1 fully saturated rings. The zero-order chi connectivity index (χ0) is 13.1. The zero-order valence-electron chi connectivity index (χ0n) is 9.54. The van der Waals surface area contributed by atoms with Gasteiger partial charge in [-0.25, -0.2) is 4.98 Å². The number of aliphatic hydroxyl groups is 1. The highest BCUT2D eigenvalue weighted by Gasteiger charge is 2.29. The number of aliphatic hydroxyl groups excluding tert-OH is 1. The van der Waals surface area contributed by atoms with Gasteiger partial charge in [0.15, 0.2) is 0 Å². The summed E-state index contributed by atoms with van der Waals surface area (Å²) in [5.41, 5.74) is -0.206. The lowest BCUT2D eigenvalue weighted by molar-refractivity contribution is -0.384. The Hall–Kier alpha value is -1.47. The summed E-state index contributed by atoms with van der Waals surface area (Å²) >= 11 is 5.64. The molecule has 1 aromatic rings. The molecular formula is C10H13ClN4O3. The minimum absolute atomic E-state index is 0.0142. The fourth-order valence-corrected chi connectivity index (χ4v) is 2.35. The van der Waals surface area contributed by atoms with E-state index < -0.39 is 4.92 Å². The molecule has 2 rings (SSSR count). The molecule has 2 unspecified atom stereocenters. The van der Waals surface area contributed by atoms with Gasteiger partial charge in [-0.2, -0.15) is 4.98 Å². The predicted molar refractivity (Wildman–Crippen MR) is 65.5 cm³/mol.